The number of likely N-dealkylation sites (tertiary alicyclic amines) is 1. The quantitative estimate of drug-likeness (QED) is 0.575. The lowest BCUT2D eigenvalue weighted by molar-refractivity contribution is -0.141. The van der Waals surface area contributed by atoms with Gasteiger partial charge < -0.3 is 9.64 Å². The molecule has 0 aromatic heterocycles. The third kappa shape index (κ3) is 4.04. The molecule has 7 nitrogen and oxygen atoms in total. The molecule has 1 aromatic rings. The largest absolute Gasteiger partial charge is 0.452 e. The van der Waals surface area contributed by atoms with Gasteiger partial charge in [-0.3, -0.25) is 19.3 Å². The minimum absolute atomic E-state index is 0.125. The number of carbonyl (C=O) groups excluding carboxylic acids is 4. The van der Waals surface area contributed by atoms with Crippen LogP contribution in [0.3, 0.4) is 0 Å². The van der Waals surface area contributed by atoms with Gasteiger partial charge in [-0.25, -0.2) is 4.79 Å². The zero-order chi connectivity index (χ0) is 20.4. The Kier molecular flexibility index (Phi) is 5.65. The van der Waals surface area contributed by atoms with E-state index in [1.165, 1.54) is 31.4 Å². The van der Waals surface area contributed by atoms with E-state index in [-0.39, 0.29) is 42.7 Å². The predicted molar refractivity (Wildman–Crippen MR) is 105 cm³/mol. The van der Waals surface area contributed by atoms with Crippen LogP contribution in [0.5, 0.6) is 0 Å². The van der Waals surface area contributed by atoms with Gasteiger partial charge in [0, 0.05) is 25.4 Å². The molecule has 1 saturated carbocycles. The van der Waals surface area contributed by atoms with Crippen LogP contribution in [0.1, 0.15) is 61.7 Å². The Balaban J connectivity index is 1.34. The zero-order valence-electron chi connectivity index (χ0n) is 16.5. The maximum Gasteiger partial charge on any atom is 0.338 e. The van der Waals surface area contributed by atoms with E-state index in [0.717, 1.165) is 30.7 Å². The van der Waals surface area contributed by atoms with Gasteiger partial charge in [-0.1, -0.05) is 12.8 Å². The lowest BCUT2D eigenvalue weighted by Crippen LogP contribution is -2.50. The number of ether oxygens (including phenoxy) is 1. The number of benzene rings is 1. The van der Waals surface area contributed by atoms with Crippen LogP contribution in [0.15, 0.2) is 24.3 Å². The third-order valence-electron chi connectivity index (χ3n) is 6.30. The SMILES string of the molecule is O=C(OCC(=O)N1CCC[C@H]2CCCC[C@H]21)c1ccc(N2C(=O)CCC2=O)cc1. The summed E-state index contributed by atoms with van der Waals surface area (Å²) >= 11 is 0. The standard InChI is InChI=1S/C22H26N2O5/c25-19-11-12-20(26)24(19)17-9-7-16(8-10-17)22(28)29-14-21(27)23-13-3-5-15-4-1-2-6-18(15)23/h7-10,15,18H,1-6,11-14H2/t15-,18-/m1/s1. The van der Waals surface area contributed by atoms with E-state index in [0.29, 0.717) is 17.6 Å². The van der Waals surface area contributed by atoms with Crippen LogP contribution >= 0.6 is 0 Å². The van der Waals surface area contributed by atoms with Crippen LogP contribution in [0.2, 0.25) is 0 Å². The molecule has 3 aliphatic rings. The molecule has 0 unspecified atom stereocenters. The molecule has 3 fully saturated rings. The number of hydrogen-bond acceptors (Lipinski definition) is 5. The number of imide groups is 1. The average Bonchev–Trinajstić information content (AvgIpc) is 3.09. The van der Waals surface area contributed by atoms with Crippen molar-refractivity contribution >= 4 is 29.4 Å². The Bertz CT molecular complexity index is 801. The van der Waals surface area contributed by atoms with Crippen molar-refractivity contribution in [3.05, 3.63) is 29.8 Å². The predicted octanol–water partition coefficient (Wildman–Crippen LogP) is 2.68. The number of amides is 3. The van der Waals surface area contributed by atoms with Crippen molar-refractivity contribution < 1.29 is 23.9 Å². The fourth-order valence-electron chi connectivity index (χ4n) is 4.84. The molecule has 4 rings (SSSR count). The molecule has 7 heteroatoms. The van der Waals surface area contributed by atoms with Gasteiger partial charge >= 0.3 is 5.97 Å². The number of carbonyl (C=O) groups is 4. The topological polar surface area (TPSA) is 84.0 Å². The van der Waals surface area contributed by atoms with Gasteiger partial charge in [0.2, 0.25) is 11.8 Å². The van der Waals surface area contributed by atoms with E-state index in [4.69, 9.17) is 4.74 Å². The van der Waals surface area contributed by atoms with Crippen molar-refractivity contribution in [1.82, 2.24) is 4.90 Å². The highest BCUT2D eigenvalue weighted by Gasteiger charge is 2.36. The first kappa shape index (κ1) is 19.6. The number of nitrogens with zero attached hydrogens (tertiary/aromatic N) is 2. The van der Waals surface area contributed by atoms with E-state index in [1.54, 1.807) is 12.1 Å². The summed E-state index contributed by atoms with van der Waals surface area (Å²) in [4.78, 5) is 51.6. The van der Waals surface area contributed by atoms with Gasteiger partial charge in [0.05, 0.1) is 11.3 Å². The normalized spacial score (nSPS) is 24.4. The first-order valence-corrected chi connectivity index (χ1v) is 10.5. The van der Waals surface area contributed by atoms with Crippen LogP contribution in [0, 0.1) is 5.92 Å². The second-order valence-corrected chi connectivity index (χ2v) is 8.09. The fraction of sp³-hybridized carbons (Fsp3) is 0.545. The molecule has 0 spiro atoms. The van der Waals surface area contributed by atoms with Crippen LogP contribution in [-0.2, 0) is 19.1 Å². The Morgan fingerprint density at radius 3 is 2.31 bits per heavy atom. The number of rotatable bonds is 4. The molecule has 0 radical (unpaired) electrons. The molecule has 0 bridgehead atoms. The number of hydrogen-bond donors (Lipinski definition) is 0. The van der Waals surface area contributed by atoms with Crippen LogP contribution in [0.4, 0.5) is 5.69 Å². The van der Waals surface area contributed by atoms with E-state index in [2.05, 4.69) is 0 Å². The molecule has 2 heterocycles. The summed E-state index contributed by atoms with van der Waals surface area (Å²) in [5, 5.41) is 0. The summed E-state index contributed by atoms with van der Waals surface area (Å²) in [7, 11) is 0. The van der Waals surface area contributed by atoms with Gasteiger partial charge in [0.1, 0.15) is 0 Å². The monoisotopic (exact) mass is 398 g/mol. The van der Waals surface area contributed by atoms with Gasteiger partial charge in [-0.05, 0) is 55.9 Å². The van der Waals surface area contributed by atoms with Crippen LogP contribution < -0.4 is 4.90 Å². The third-order valence-corrected chi connectivity index (χ3v) is 6.30. The number of anilines is 1. The molecule has 3 amide bonds. The van der Waals surface area contributed by atoms with Crippen LogP contribution in [-0.4, -0.2) is 47.8 Å². The maximum absolute atomic E-state index is 12.7. The maximum atomic E-state index is 12.7. The molecule has 154 valence electrons. The number of fused-ring (bicyclic) bond motifs is 1. The Morgan fingerprint density at radius 2 is 1.59 bits per heavy atom. The summed E-state index contributed by atoms with van der Waals surface area (Å²) in [6, 6.07) is 6.42. The molecule has 1 aliphatic carbocycles. The first-order valence-electron chi connectivity index (χ1n) is 10.5. The van der Waals surface area contributed by atoms with E-state index in [9.17, 15) is 19.2 Å². The van der Waals surface area contributed by atoms with Gasteiger partial charge in [0.25, 0.3) is 5.91 Å². The van der Waals surface area contributed by atoms with Crippen molar-refractivity contribution in [2.75, 3.05) is 18.1 Å². The molecular formula is C22H26N2O5. The minimum Gasteiger partial charge on any atom is -0.452 e. The number of esters is 1. The second kappa shape index (κ2) is 8.35. The average molecular weight is 398 g/mol. The molecule has 2 aliphatic heterocycles. The van der Waals surface area contributed by atoms with Crippen molar-refractivity contribution in [2.45, 2.75) is 57.4 Å². The smallest absolute Gasteiger partial charge is 0.338 e. The summed E-state index contributed by atoms with van der Waals surface area (Å²) in [6.45, 7) is 0.483. The molecule has 29 heavy (non-hydrogen) atoms. The first-order chi connectivity index (χ1) is 14.0. The van der Waals surface area contributed by atoms with Crippen molar-refractivity contribution in [3.8, 4) is 0 Å². The second-order valence-electron chi connectivity index (χ2n) is 8.09. The van der Waals surface area contributed by atoms with Crippen molar-refractivity contribution in [3.63, 3.8) is 0 Å². The van der Waals surface area contributed by atoms with Gasteiger partial charge in [-0.15, -0.1) is 0 Å². The molecular weight excluding hydrogens is 372 g/mol. The fourth-order valence-corrected chi connectivity index (χ4v) is 4.84. The summed E-state index contributed by atoms with van der Waals surface area (Å²) in [5.41, 5.74) is 0.733. The van der Waals surface area contributed by atoms with Gasteiger partial charge in [-0.2, -0.15) is 0 Å². The van der Waals surface area contributed by atoms with Crippen LogP contribution in [0.25, 0.3) is 0 Å². The van der Waals surface area contributed by atoms with Gasteiger partial charge in [0.15, 0.2) is 6.61 Å². The highest BCUT2D eigenvalue weighted by molar-refractivity contribution is 6.19. The number of piperidine rings is 1. The minimum atomic E-state index is -0.582. The summed E-state index contributed by atoms with van der Waals surface area (Å²) < 4.78 is 5.25. The summed E-state index contributed by atoms with van der Waals surface area (Å²) in [5.74, 6) is -0.598. The lowest BCUT2D eigenvalue weighted by atomic mass is 9.78. The van der Waals surface area contributed by atoms with E-state index in [1.807, 2.05) is 4.90 Å². The Labute approximate surface area is 170 Å². The Hall–Kier alpha value is -2.70. The molecule has 2 atom stereocenters. The highest BCUT2D eigenvalue weighted by atomic mass is 16.5. The van der Waals surface area contributed by atoms with E-state index < -0.39 is 5.97 Å². The van der Waals surface area contributed by atoms with Crippen molar-refractivity contribution in [1.29, 1.82) is 0 Å². The summed E-state index contributed by atoms with van der Waals surface area (Å²) in [6.07, 6.45) is 7.23. The molecule has 1 aromatic carbocycles. The zero-order valence-corrected chi connectivity index (χ0v) is 16.5. The highest BCUT2D eigenvalue weighted by Crippen LogP contribution is 2.35. The lowest BCUT2D eigenvalue weighted by Gasteiger charge is -2.44. The molecule has 0 N–H and O–H groups in total. The van der Waals surface area contributed by atoms with E-state index >= 15 is 0 Å². The van der Waals surface area contributed by atoms with Crippen molar-refractivity contribution in [2.24, 2.45) is 5.92 Å². The Morgan fingerprint density at radius 1 is 0.931 bits per heavy atom. The molecule has 2 saturated heterocycles.